The Morgan fingerprint density at radius 2 is 1.95 bits per heavy atom. The number of hydrogen-bond acceptors (Lipinski definition) is 3. The number of halogens is 1. The Morgan fingerprint density at radius 1 is 1.25 bits per heavy atom. The van der Waals surface area contributed by atoms with Gasteiger partial charge in [0.15, 0.2) is 0 Å². The number of rotatable bonds is 4. The van der Waals surface area contributed by atoms with Gasteiger partial charge in [0.1, 0.15) is 0 Å². The molecular formula is C16H24ClN3. The van der Waals surface area contributed by atoms with E-state index in [1.54, 1.807) is 0 Å². The summed E-state index contributed by atoms with van der Waals surface area (Å²) in [5.41, 5.74) is 8.25. The lowest BCUT2D eigenvalue weighted by Gasteiger charge is -2.36. The fourth-order valence-electron chi connectivity index (χ4n) is 3.07. The summed E-state index contributed by atoms with van der Waals surface area (Å²) >= 11 is 6.46. The third-order valence-electron chi connectivity index (χ3n) is 4.29. The third-order valence-corrected chi connectivity index (χ3v) is 4.59. The summed E-state index contributed by atoms with van der Waals surface area (Å²) in [5, 5.41) is 0.864. The van der Waals surface area contributed by atoms with Crippen LogP contribution >= 0.6 is 11.6 Å². The molecule has 1 unspecified atom stereocenters. The molecule has 2 N–H and O–H groups in total. The molecule has 0 radical (unpaired) electrons. The van der Waals surface area contributed by atoms with E-state index in [0.717, 1.165) is 30.6 Å². The van der Waals surface area contributed by atoms with Crippen LogP contribution in [0.5, 0.6) is 0 Å². The van der Waals surface area contributed by atoms with Gasteiger partial charge in [-0.3, -0.25) is 4.90 Å². The SMILES string of the molecule is CC(N)Cc1ccc(N2CCN(C3CC3)CC2)c(Cl)c1. The molecule has 1 aliphatic carbocycles. The molecule has 0 amide bonds. The number of piperazine rings is 1. The van der Waals surface area contributed by atoms with Crippen molar-refractivity contribution in [1.29, 1.82) is 0 Å². The van der Waals surface area contributed by atoms with Crippen molar-refractivity contribution >= 4 is 17.3 Å². The molecule has 3 nitrogen and oxygen atoms in total. The Hall–Kier alpha value is -0.770. The van der Waals surface area contributed by atoms with Gasteiger partial charge in [-0.15, -0.1) is 0 Å². The average molecular weight is 294 g/mol. The number of anilines is 1. The quantitative estimate of drug-likeness (QED) is 0.926. The van der Waals surface area contributed by atoms with Crippen molar-refractivity contribution in [3.05, 3.63) is 28.8 Å². The van der Waals surface area contributed by atoms with Crippen LogP contribution in [-0.4, -0.2) is 43.2 Å². The summed E-state index contributed by atoms with van der Waals surface area (Å²) in [5.74, 6) is 0. The van der Waals surface area contributed by atoms with Crippen molar-refractivity contribution in [2.45, 2.75) is 38.3 Å². The lowest BCUT2D eigenvalue weighted by Crippen LogP contribution is -2.47. The number of nitrogens with two attached hydrogens (primary N) is 1. The van der Waals surface area contributed by atoms with E-state index in [-0.39, 0.29) is 6.04 Å². The van der Waals surface area contributed by atoms with Gasteiger partial charge < -0.3 is 10.6 Å². The van der Waals surface area contributed by atoms with E-state index >= 15 is 0 Å². The van der Waals surface area contributed by atoms with Crippen molar-refractivity contribution in [3.8, 4) is 0 Å². The highest BCUT2D eigenvalue weighted by molar-refractivity contribution is 6.33. The van der Waals surface area contributed by atoms with Crippen LogP contribution in [0.3, 0.4) is 0 Å². The highest BCUT2D eigenvalue weighted by Gasteiger charge is 2.31. The van der Waals surface area contributed by atoms with Crippen molar-refractivity contribution in [1.82, 2.24) is 4.90 Å². The van der Waals surface area contributed by atoms with E-state index in [9.17, 15) is 0 Å². The maximum atomic E-state index is 6.46. The Bertz CT molecular complexity index is 463. The lowest BCUT2D eigenvalue weighted by molar-refractivity contribution is 0.248. The molecule has 4 heteroatoms. The maximum Gasteiger partial charge on any atom is 0.0642 e. The molecule has 1 saturated carbocycles. The smallest absolute Gasteiger partial charge is 0.0642 e. The minimum Gasteiger partial charge on any atom is -0.368 e. The fraction of sp³-hybridized carbons (Fsp3) is 0.625. The van der Waals surface area contributed by atoms with E-state index in [0.29, 0.717) is 0 Å². The van der Waals surface area contributed by atoms with Gasteiger partial charge >= 0.3 is 0 Å². The zero-order valence-corrected chi connectivity index (χ0v) is 12.9. The van der Waals surface area contributed by atoms with Crippen LogP contribution in [0.4, 0.5) is 5.69 Å². The van der Waals surface area contributed by atoms with E-state index < -0.39 is 0 Å². The molecule has 1 saturated heterocycles. The van der Waals surface area contributed by atoms with Crippen LogP contribution in [0.1, 0.15) is 25.3 Å². The zero-order chi connectivity index (χ0) is 14.1. The first kappa shape index (κ1) is 14.2. The molecule has 3 rings (SSSR count). The van der Waals surface area contributed by atoms with Gasteiger partial charge in [0.05, 0.1) is 10.7 Å². The second-order valence-electron chi connectivity index (χ2n) is 6.22. The molecule has 0 spiro atoms. The molecule has 1 atom stereocenters. The molecule has 20 heavy (non-hydrogen) atoms. The van der Waals surface area contributed by atoms with Gasteiger partial charge in [0.2, 0.25) is 0 Å². The first-order chi connectivity index (χ1) is 9.63. The summed E-state index contributed by atoms with van der Waals surface area (Å²) in [7, 11) is 0. The number of hydrogen-bond donors (Lipinski definition) is 1. The predicted molar refractivity (Wildman–Crippen MR) is 85.6 cm³/mol. The van der Waals surface area contributed by atoms with Gasteiger partial charge in [-0.25, -0.2) is 0 Å². The zero-order valence-electron chi connectivity index (χ0n) is 12.2. The Labute approximate surface area is 126 Å². The van der Waals surface area contributed by atoms with Gasteiger partial charge in [-0.05, 0) is 43.9 Å². The molecular weight excluding hydrogens is 270 g/mol. The molecule has 0 aromatic heterocycles. The summed E-state index contributed by atoms with van der Waals surface area (Å²) in [6.45, 7) is 6.54. The highest BCUT2D eigenvalue weighted by Crippen LogP contribution is 2.31. The number of nitrogens with zero attached hydrogens (tertiary/aromatic N) is 2. The second-order valence-corrected chi connectivity index (χ2v) is 6.63. The Balaban J connectivity index is 1.64. The standard InChI is InChI=1S/C16H24ClN3/c1-12(18)10-13-2-5-16(15(17)11-13)20-8-6-19(7-9-20)14-3-4-14/h2,5,11-12,14H,3-4,6-10,18H2,1H3. The van der Waals surface area contributed by atoms with E-state index in [4.69, 9.17) is 17.3 Å². The van der Waals surface area contributed by atoms with Crippen molar-refractivity contribution in [3.63, 3.8) is 0 Å². The Morgan fingerprint density at radius 3 is 2.50 bits per heavy atom. The topological polar surface area (TPSA) is 32.5 Å². The summed E-state index contributed by atoms with van der Waals surface area (Å²) < 4.78 is 0. The second kappa shape index (κ2) is 5.92. The van der Waals surface area contributed by atoms with Crippen molar-refractivity contribution < 1.29 is 0 Å². The van der Waals surface area contributed by atoms with E-state index in [1.807, 2.05) is 6.92 Å². The van der Waals surface area contributed by atoms with Gasteiger partial charge in [0, 0.05) is 38.3 Å². The van der Waals surface area contributed by atoms with Gasteiger partial charge in [-0.1, -0.05) is 17.7 Å². The monoisotopic (exact) mass is 293 g/mol. The first-order valence-electron chi connectivity index (χ1n) is 7.66. The normalized spacial score (nSPS) is 22.1. The average Bonchev–Trinajstić information content (AvgIpc) is 3.23. The summed E-state index contributed by atoms with van der Waals surface area (Å²) in [4.78, 5) is 5.03. The largest absolute Gasteiger partial charge is 0.368 e. The molecule has 2 fully saturated rings. The minimum absolute atomic E-state index is 0.180. The van der Waals surface area contributed by atoms with Crippen LogP contribution in [0.2, 0.25) is 5.02 Å². The Kier molecular flexibility index (Phi) is 4.20. The first-order valence-corrected chi connectivity index (χ1v) is 8.04. The van der Waals surface area contributed by atoms with Crippen molar-refractivity contribution in [2.75, 3.05) is 31.1 Å². The molecule has 0 bridgehead atoms. The van der Waals surface area contributed by atoms with Crippen molar-refractivity contribution in [2.24, 2.45) is 5.73 Å². The van der Waals surface area contributed by atoms with Crippen LogP contribution in [0.15, 0.2) is 18.2 Å². The molecule has 1 aromatic carbocycles. The van der Waals surface area contributed by atoms with Gasteiger partial charge in [0.25, 0.3) is 0 Å². The molecule has 1 heterocycles. The van der Waals surface area contributed by atoms with Crippen LogP contribution in [0, 0.1) is 0 Å². The predicted octanol–water partition coefficient (Wildman–Crippen LogP) is 2.51. The molecule has 110 valence electrons. The summed E-state index contributed by atoms with van der Waals surface area (Å²) in [6.07, 6.45) is 3.68. The van der Waals surface area contributed by atoms with Gasteiger partial charge in [-0.2, -0.15) is 0 Å². The van der Waals surface area contributed by atoms with Crippen LogP contribution in [0.25, 0.3) is 0 Å². The maximum absolute atomic E-state index is 6.46. The van der Waals surface area contributed by atoms with Crippen LogP contribution in [-0.2, 0) is 6.42 Å². The molecule has 2 aliphatic rings. The highest BCUT2D eigenvalue weighted by atomic mass is 35.5. The molecule has 1 aliphatic heterocycles. The van der Waals surface area contributed by atoms with E-state index in [2.05, 4.69) is 28.0 Å². The van der Waals surface area contributed by atoms with Crippen LogP contribution < -0.4 is 10.6 Å². The van der Waals surface area contributed by atoms with E-state index in [1.165, 1.54) is 37.2 Å². The fourth-order valence-corrected chi connectivity index (χ4v) is 3.40. The number of benzene rings is 1. The lowest BCUT2D eigenvalue weighted by atomic mass is 10.1. The third kappa shape index (κ3) is 3.27. The molecule has 1 aromatic rings. The summed E-state index contributed by atoms with van der Waals surface area (Å²) in [6, 6.07) is 7.46. The minimum atomic E-state index is 0.180.